The number of rotatable bonds is 10. The highest BCUT2D eigenvalue weighted by Gasteiger charge is 2.32. The van der Waals surface area contributed by atoms with Crippen molar-refractivity contribution < 1.29 is 29.4 Å². The van der Waals surface area contributed by atoms with E-state index in [1.807, 2.05) is 6.92 Å². The average molecular weight is 336 g/mol. The second-order valence-corrected chi connectivity index (χ2v) is 6.26. The number of amides is 1. The molecule has 0 aliphatic rings. The zero-order valence-electron chi connectivity index (χ0n) is 12.7. The van der Waals surface area contributed by atoms with E-state index in [1.165, 1.54) is 13.8 Å². The molecular weight excluding hydrogens is 316 g/mol. The van der Waals surface area contributed by atoms with E-state index in [2.05, 4.69) is 10.2 Å². The van der Waals surface area contributed by atoms with Crippen LogP contribution in [0.1, 0.15) is 33.6 Å². The zero-order chi connectivity index (χ0) is 17.3. The number of nitrogens with zero attached hydrogens (tertiary/aromatic N) is 1. The van der Waals surface area contributed by atoms with Gasteiger partial charge in [0.1, 0.15) is 12.6 Å². The maximum atomic E-state index is 12.0. The molecule has 0 aliphatic heterocycles. The van der Waals surface area contributed by atoms with Crippen LogP contribution in [0.2, 0.25) is 0 Å². The molecule has 0 saturated carbocycles. The third-order valence-electron chi connectivity index (χ3n) is 2.61. The lowest BCUT2D eigenvalue weighted by Gasteiger charge is -2.24. The van der Waals surface area contributed by atoms with Crippen molar-refractivity contribution in [1.29, 1.82) is 0 Å². The van der Waals surface area contributed by atoms with Gasteiger partial charge in [-0.3, -0.25) is 9.59 Å². The summed E-state index contributed by atoms with van der Waals surface area (Å²) in [6, 6.07) is -1.26. The summed E-state index contributed by atoms with van der Waals surface area (Å²) in [4.78, 5) is 48.8. The van der Waals surface area contributed by atoms with Gasteiger partial charge < -0.3 is 15.3 Å². The van der Waals surface area contributed by atoms with Crippen molar-refractivity contribution in [3.63, 3.8) is 0 Å². The number of hydrogen-bond acceptors (Lipinski definition) is 7. The molecule has 1 unspecified atom stereocenters. The fraction of sp³-hybridized carbons (Fsp3) is 0.750. The molecule has 22 heavy (non-hydrogen) atoms. The Hall–Kier alpha value is -1.84. The van der Waals surface area contributed by atoms with Crippen molar-refractivity contribution in [2.75, 3.05) is 12.4 Å². The molecule has 0 aromatic heterocycles. The fourth-order valence-electron chi connectivity index (χ4n) is 1.26. The Balaban J connectivity index is 4.60. The van der Waals surface area contributed by atoms with E-state index in [0.717, 1.165) is 11.8 Å². The molecule has 0 aromatic carbocycles. The van der Waals surface area contributed by atoms with Gasteiger partial charge in [0.15, 0.2) is 5.12 Å². The van der Waals surface area contributed by atoms with Crippen molar-refractivity contribution in [3.05, 3.63) is 10.1 Å². The number of nitrogens with one attached hydrogen (secondary N) is 1. The van der Waals surface area contributed by atoms with E-state index in [0.29, 0.717) is 12.8 Å². The Morgan fingerprint density at radius 1 is 1.41 bits per heavy atom. The van der Waals surface area contributed by atoms with Crippen molar-refractivity contribution in [2.45, 2.75) is 39.7 Å². The molecule has 0 radical (unpaired) electrons. The molecule has 1 amide bonds. The van der Waals surface area contributed by atoms with E-state index >= 15 is 0 Å². The van der Waals surface area contributed by atoms with Crippen molar-refractivity contribution >= 4 is 28.8 Å². The van der Waals surface area contributed by atoms with Crippen LogP contribution >= 0.6 is 11.8 Å². The van der Waals surface area contributed by atoms with Crippen LogP contribution in [-0.4, -0.2) is 45.6 Å². The number of carbonyl (C=O) groups is 3. The highest BCUT2D eigenvalue weighted by atomic mass is 32.2. The number of aliphatic carboxylic acids is 1. The maximum absolute atomic E-state index is 12.0. The second kappa shape index (κ2) is 9.23. The van der Waals surface area contributed by atoms with E-state index in [4.69, 9.17) is 5.11 Å². The third kappa shape index (κ3) is 7.81. The molecule has 9 nitrogen and oxygen atoms in total. The molecule has 10 heteroatoms. The summed E-state index contributed by atoms with van der Waals surface area (Å²) in [7, 11) is 0. The van der Waals surface area contributed by atoms with Crippen LogP contribution in [0.3, 0.4) is 0 Å². The molecule has 0 aromatic rings. The van der Waals surface area contributed by atoms with Crippen LogP contribution in [-0.2, 0) is 19.2 Å². The number of carboxylic acid groups (broad SMARTS) is 1. The lowest BCUT2D eigenvalue weighted by Crippen LogP contribution is -2.49. The largest absolute Gasteiger partial charge is 0.480 e. The van der Waals surface area contributed by atoms with Gasteiger partial charge in [-0.1, -0.05) is 18.7 Å². The number of carboxylic acids is 1. The Labute approximate surface area is 131 Å². The SMILES string of the molecule is CCCC(=O)SCC(NC(=O)C(C)(C)CO[N+](=O)[O-])C(=O)O. The maximum Gasteiger partial charge on any atom is 0.327 e. The van der Waals surface area contributed by atoms with Crippen molar-refractivity contribution in [2.24, 2.45) is 5.41 Å². The number of carbonyl (C=O) groups excluding carboxylic acids is 2. The first-order valence-corrected chi connectivity index (χ1v) is 7.55. The minimum atomic E-state index is -1.28. The summed E-state index contributed by atoms with van der Waals surface area (Å²) >= 11 is 0.834. The summed E-state index contributed by atoms with van der Waals surface area (Å²) in [5.74, 6) is -2.09. The van der Waals surface area contributed by atoms with E-state index in [1.54, 1.807) is 0 Å². The highest BCUT2D eigenvalue weighted by Crippen LogP contribution is 2.17. The van der Waals surface area contributed by atoms with Crippen molar-refractivity contribution in [1.82, 2.24) is 5.32 Å². The topological polar surface area (TPSA) is 136 Å². The predicted octanol–water partition coefficient (Wildman–Crippen LogP) is 0.850. The minimum absolute atomic E-state index is 0.105. The Morgan fingerprint density at radius 3 is 2.45 bits per heavy atom. The van der Waals surface area contributed by atoms with Crippen LogP contribution in [0.4, 0.5) is 0 Å². The van der Waals surface area contributed by atoms with Gasteiger partial charge in [0.25, 0.3) is 5.09 Å². The third-order valence-corrected chi connectivity index (χ3v) is 3.64. The van der Waals surface area contributed by atoms with E-state index in [-0.39, 0.29) is 10.9 Å². The van der Waals surface area contributed by atoms with Gasteiger partial charge in [-0.05, 0) is 20.3 Å². The first kappa shape index (κ1) is 20.2. The van der Waals surface area contributed by atoms with Gasteiger partial charge >= 0.3 is 5.97 Å². The smallest absolute Gasteiger partial charge is 0.327 e. The van der Waals surface area contributed by atoms with Gasteiger partial charge in [0.2, 0.25) is 5.91 Å². The van der Waals surface area contributed by atoms with Gasteiger partial charge in [-0.2, -0.15) is 0 Å². The first-order chi connectivity index (χ1) is 10.1. The lowest BCUT2D eigenvalue weighted by molar-refractivity contribution is -0.760. The second-order valence-electron chi connectivity index (χ2n) is 5.18. The van der Waals surface area contributed by atoms with E-state index in [9.17, 15) is 24.5 Å². The summed E-state index contributed by atoms with van der Waals surface area (Å²) in [5.41, 5.74) is -1.28. The standard InChI is InChI=1S/C12H20N2O7S/c1-4-5-9(15)22-6-8(10(16)17)13-11(18)12(2,3)7-21-14(19)20/h8H,4-7H2,1-3H3,(H,13,18)(H,16,17). The quantitative estimate of drug-likeness (QED) is 0.442. The highest BCUT2D eigenvalue weighted by molar-refractivity contribution is 8.13. The molecule has 0 aliphatic carbocycles. The molecule has 0 saturated heterocycles. The summed E-state index contributed by atoms with van der Waals surface area (Å²) < 4.78 is 0. The molecule has 0 bridgehead atoms. The molecule has 126 valence electrons. The van der Waals surface area contributed by atoms with Crippen molar-refractivity contribution in [3.8, 4) is 0 Å². The van der Waals surface area contributed by atoms with Crippen LogP contribution < -0.4 is 5.32 Å². The van der Waals surface area contributed by atoms with Crippen LogP contribution in [0.15, 0.2) is 0 Å². The normalized spacial score (nSPS) is 12.3. The summed E-state index contributed by atoms with van der Waals surface area (Å²) in [6.07, 6.45) is 0.980. The Kier molecular flexibility index (Phi) is 8.46. The predicted molar refractivity (Wildman–Crippen MR) is 78.7 cm³/mol. The zero-order valence-corrected chi connectivity index (χ0v) is 13.5. The monoisotopic (exact) mass is 336 g/mol. The molecule has 0 fully saturated rings. The van der Waals surface area contributed by atoms with Gasteiger partial charge in [0, 0.05) is 12.2 Å². The molecule has 0 spiro atoms. The summed E-state index contributed by atoms with van der Waals surface area (Å²) in [5, 5.41) is 20.3. The number of hydrogen-bond donors (Lipinski definition) is 2. The summed E-state index contributed by atoms with van der Waals surface area (Å²) in [6.45, 7) is 4.10. The minimum Gasteiger partial charge on any atom is -0.480 e. The van der Waals surface area contributed by atoms with Gasteiger partial charge in [-0.25, -0.2) is 4.79 Å². The Morgan fingerprint density at radius 2 is 2.00 bits per heavy atom. The van der Waals surface area contributed by atoms with Crippen LogP contribution in [0, 0.1) is 15.5 Å². The molecule has 0 heterocycles. The molecule has 1 atom stereocenters. The van der Waals surface area contributed by atoms with Crippen LogP contribution in [0.5, 0.6) is 0 Å². The first-order valence-electron chi connectivity index (χ1n) is 6.56. The fourth-order valence-corrected chi connectivity index (χ4v) is 2.19. The molecular formula is C12H20N2O7S. The Bertz CT molecular complexity index is 439. The molecule has 0 rings (SSSR count). The lowest BCUT2D eigenvalue weighted by atomic mass is 9.93. The van der Waals surface area contributed by atoms with Crippen LogP contribution in [0.25, 0.3) is 0 Å². The average Bonchev–Trinajstić information content (AvgIpc) is 2.40. The van der Waals surface area contributed by atoms with E-state index < -0.39 is 35.0 Å². The van der Waals surface area contributed by atoms with Gasteiger partial charge in [0.05, 0.1) is 5.41 Å². The number of thioether (sulfide) groups is 1. The molecule has 2 N–H and O–H groups in total. The van der Waals surface area contributed by atoms with Gasteiger partial charge in [-0.15, -0.1) is 10.1 Å².